The molecule has 5 nitrogen and oxygen atoms in total. The second-order valence-corrected chi connectivity index (χ2v) is 9.23. The molecule has 0 unspecified atom stereocenters. The molecule has 1 N–H and O–H groups in total. The van der Waals surface area contributed by atoms with Gasteiger partial charge in [0.15, 0.2) is 9.84 Å². The first-order valence-corrected chi connectivity index (χ1v) is 11.5. The zero-order chi connectivity index (χ0) is 21.4. The molecule has 0 radical (unpaired) electrons. The molecular weight excluding hydrogens is 422 g/mol. The van der Waals surface area contributed by atoms with E-state index < -0.39 is 9.84 Å². The first-order chi connectivity index (χ1) is 14.4. The number of carbonyl (C=O) groups is 1. The van der Waals surface area contributed by atoms with Gasteiger partial charge in [-0.2, -0.15) is 0 Å². The second kappa shape index (κ2) is 10.3. The van der Waals surface area contributed by atoms with Crippen molar-refractivity contribution in [2.45, 2.75) is 17.9 Å². The van der Waals surface area contributed by atoms with Crippen LogP contribution in [0.25, 0.3) is 0 Å². The van der Waals surface area contributed by atoms with Crippen molar-refractivity contribution in [2.75, 3.05) is 12.3 Å². The number of hydrogen-bond acceptors (Lipinski definition) is 4. The molecule has 3 aromatic rings. The van der Waals surface area contributed by atoms with Gasteiger partial charge < -0.3 is 10.1 Å². The van der Waals surface area contributed by atoms with Crippen molar-refractivity contribution in [2.24, 2.45) is 0 Å². The molecule has 0 heterocycles. The lowest BCUT2D eigenvalue weighted by Crippen LogP contribution is -2.26. The fourth-order valence-corrected chi connectivity index (χ4v) is 4.38. The maximum Gasteiger partial charge on any atom is 0.251 e. The fraction of sp³-hybridized carbons (Fsp3) is 0.174. The van der Waals surface area contributed by atoms with Crippen LogP contribution in [0.4, 0.5) is 0 Å². The Morgan fingerprint density at radius 1 is 0.933 bits per heavy atom. The van der Waals surface area contributed by atoms with Crippen molar-refractivity contribution in [3.05, 3.63) is 95.0 Å². The van der Waals surface area contributed by atoms with Gasteiger partial charge in [0.05, 0.1) is 10.6 Å². The van der Waals surface area contributed by atoms with Crippen LogP contribution in [0.5, 0.6) is 5.75 Å². The van der Waals surface area contributed by atoms with Crippen LogP contribution in [-0.2, 0) is 16.4 Å². The van der Waals surface area contributed by atoms with Crippen molar-refractivity contribution in [1.82, 2.24) is 5.32 Å². The molecule has 0 saturated carbocycles. The predicted octanol–water partition coefficient (Wildman–Crippen LogP) is 4.51. The molecular formula is C23H22ClNO4S. The van der Waals surface area contributed by atoms with Crippen LogP contribution in [0.15, 0.2) is 83.8 Å². The number of amides is 1. The summed E-state index contributed by atoms with van der Waals surface area (Å²) in [7, 11) is -3.35. The van der Waals surface area contributed by atoms with Gasteiger partial charge in [-0.15, -0.1) is 0 Å². The zero-order valence-electron chi connectivity index (χ0n) is 16.3. The minimum Gasteiger partial charge on any atom is -0.489 e. The number of hydrogen-bond donors (Lipinski definition) is 1. The van der Waals surface area contributed by atoms with E-state index in [-0.39, 0.29) is 18.2 Å². The quantitative estimate of drug-likeness (QED) is 0.494. The van der Waals surface area contributed by atoms with Crippen LogP contribution in [0.2, 0.25) is 5.02 Å². The van der Waals surface area contributed by atoms with Gasteiger partial charge in [0.25, 0.3) is 5.91 Å². The minimum absolute atomic E-state index is 0.0277. The second-order valence-electron chi connectivity index (χ2n) is 6.69. The van der Waals surface area contributed by atoms with Gasteiger partial charge >= 0.3 is 0 Å². The lowest BCUT2D eigenvalue weighted by molar-refractivity contribution is 0.0953. The highest BCUT2D eigenvalue weighted by molar-refractivity contribution is 7.91. The van der Waals surface area contributed by atoms with Gasteiger partial charge in [-0.05, 0) is 54.4 Å². The van der Waals surface area contributed by atoms with E-state index in [0.717, 1.165) is 5.56 Å². The van der Waals surface area contributed by atoms with Crippen LogP contribution >= 0.6 is 11.6 Å². The average molecular weight is 444 g/mol. The SMILES string of the molecule is O=C(NCCCS(=O)(=O)c1ccccc1)c1cccc(OCc2cccc(Cl)c2)c1. The summed E-state index contributed by atoms with van der Waals surface area (Å²) in [4.78, 5) is 12.7. The van der Waals surface area contributed by atoms with E-state index in [1.54, 1.807) is 60.7 Å². The monoisotopic (exact) mass is 443 g/mol. The Hall–Kier alpha value is -2.83. The lowest BCUT2D eigenvalue weighted by Gasteiger charge is -2.09. The van der Waals surface area contributed by atoms with Gasteiger partial charge in [-0.25, -0.2) is 8.42 Å². The summed E-state index contributed by atoms with van der Waals surface area (Å²) in [5.74, 6) is 0.259. The highest BCUT2D eigenvalue weighted by Crippen LogP contribution is 2.17. The smallest absolute Gasteiger partial charge is 0.251 e. The van der Waals surface area contributed by atoms with Crippen molar-refractivity contribution in [1.29, 1.82) is 0 Å². The highest BCUT2D eigenvalue weighted by Gasteiger charge is 2.14. The summed E-state index contributed by atoms with van der Waals surface area (Å²) in [6, 6.07) is 22.5. The van der Waals surface area contributed by atoms with Gasteiger partial charge in [-0.1, -0.05) is 48.0 Å². The number of nitrogens with one attached hydrogen (secondary N) is 1. The van der Waals surface area contributed by atoms with Crippen molar-refractivity contribution < 1.29 is 17.9 Å². The number of ether oxygens (including phenoxy) is 1. The van der Waals surface area contributed by atoms with Gasteiger partial charge in [0.2, 0.25) is 0 Å². The number of rotatable bonds is 9. The Morgan fingerprint density at radius 2 is 1.70 bits per heavy atom. The van der Waals surface area contributed by atoms with E-state index in [9.17, 15) is 13.2 Å². The molecule has 0 aromatic heterocycles. The predicted molar refractivity (Wildman–Crippen MR) is 118 cm³/mol. The van der Waals surface area contributed by atoms with Crippen LogP contribution in [-0.4, -0.2) is 26.6 Å². The third-order valence-corrected chi connectivity index (χ3v) is 6.42. The Morgan fingerprint density at radius 3 is 2.47 bits per heavy atom. The molecule has 3 rings (SSSR count). The first-order valence-electron chi connectivity index (χ1n) is 9.47. The van der Waals surface area contributed by atoms with E-state index in [4.69, 9.17) is 16.3 Å². The first kappa shape index (κ1) is 21.9. The number of halogens is 1. The van der Waals surface area contributed by atoms with Gasteiger partial charge in [-0.3, -0.25) is 4.79 Å². The maximum absolute atomic E-state index is 12.4. The largest absolute Gasteiger partial charge is 0.489 e. The molecule has 0 fully saturated rings. The van der Waals surface area contributed by atoms with Crippen LogP contribution < -0.4 is 10.1 Å². The third-order valence-electron chi connectivity index (χ3n) is 4.37. The van der Waals surface area contributed by atoms with Crippen molar-refractivity contribution in [3.63, 3.8) is 0 Å². The topological polar surface area (TPSA) is 72.5 Å². The maximum atomic E-state index is 12.4. The Labute approximate surface area is 181 Å². The third kappa shape index (κ3) is 6.34. The van der Waals surface area contributed by atoms with E-state index >= 15 is 0 Å². The number of benzene rings is 3. The molecule has 0 spiro atoms. The standard InChI is InChI=1S/C23H22ClNO4S/c24-20-9-4-7-18(15-20)17-29-21-10-5-8-19(16-21)23(26)25-13-6-14-30(27,28)22-11-2-1-3-12-22/h1-5,7-12,15-16H,6,13-14,17H2,(H,25,26). The molecule has 0 bridgehead atoms. The van der Waals surface area contributed by atoms with E-state index in [1.165, 1.54) is 0 Å². The molecule has 7 heteroatoms. The number of carbonyl (C=O) groups excluding carboxylic acids is 1. The zero-order valence-corrected chi connectivity index (χ0v) is 17.8. The minimum atomic E-state index is -3.35. The van der Waals surface area contributed by atoms with E-state index in [2.05, 4.69) is 5.32 Å². The summed E-state index contributed by atoms with van der Waals surface area (Å²) in [5.41, 5.74) is 1.38. The molecule has 3 aromatic carbocycles. The van der Waals surface area contributed by atoms with Crippen LogP contribution in [0.1, 0.15) is 22.3 Å². The van der Waals surface area contributed by atoms with Crippen LogP contribution in [0.3, 0.4) is 0 Å². The average Bonchev–Trinajstić information content (AvgIpc) is 2.76. The lowest BCUT2D eigenvalue weighted by atomic mass is 10.2. The van der Waals surface area contributed by atoms with E-state index in [1.807, 2.05) is 18.2 Å². The van der Waals surface area contributed by atoms with Gasteiger partial charge in [0.1, 0.15) is 12.4 Å². The summed E-state index contributed by atoms with van der Waals surface area (Å²) < 4.78 is 30.3. The Balaban J connectivity index is 1.49. The molecule has 0 aliphatic heterocycles. The molecule has 1 amide bonds. The number of sulfone groups is 1. The van der Waals surface area contributed by atoms with Crippen molar-refractivity contribution >= 4 is 27.3 Å². The Bertz CT molecular complexity index is 1100. The van der Waals surface area contributed by atoms with Crippen LogP contribution in [0, 0.1) is 0 Å². The van der Waals surface area contributed by atoms with Gasteiger partial charge in [0, 0.05) is 17.1 Å². The molecule has 0 saturated heterocycles. The normalized spacial score (nSPS) is 11.1. The molecule has 0 aliphatic carbocycles. The summed E-state index contributed by atoms with van der Waals surface area (Å²) in [5, 5.41) is 3.39. The summed E-state index contributed by atoms with van der Waals surface area (Å²) in [6.45, 7) is 0.599. The van der Waals surface area contributed by atoms with Crippen molar-refractivity contribution in [3.8, 4) is 5.75 Å². The van der Waals surface area contributed by atoms with E-state index in [0.29, 0.717) is 34.3 Å². The molecule has 0 aliphatic rings. The summed E-state index contributed by atoms with van der Waals surface area (Å²) in [6.07, 6.45) is 0.327. The molecule has 0 atom stereocenters. The summed E-state index contributed by atoms with van der Waals surface area (Å²) >= 11 is 5.97. The Kier molecular flexibility index (Phi) is 7.49. The fourth-order valence-electron chi connectivity index (χ4n) is 2.83. The molecule has 30 heavy (non-hydrogen) atoms. The molecule has 156 valence electrons. The highest BCUT2D eigenvalue weighted by atomic mass is 35.5.